The van der Waals surface area contributed by atoms with Crippen LogP contribution < -0.4 is 10.5 Å². The maximum absolute atomic E-state index is 8.46. The van der Waals surface area contributed by atoms with Crippen LogP contribution in [0.2, 0.25) is 0 Å². The minimum Gasteiger partial charge on any atom is -0.494 e. The largest absolute Gasteiger partial charge is 0.494 e. The molecule has 1 heterocycles. The number of benzene rings is 1. The lowest BCUT2D eigenvalue weighted by atomic mass is 10.1. The Morgan fingerprint density at radius 3 is 2.86 bits per heavy atom. The molecule has 0 spiro atoms. The molecule has 4 nitrogen and oxygen atoms in total. The second-order valence-corrected chi connectivity index (χ2v) is 4.88. The smallest absolute Gasteiger partial charge is 0.120 e. The van der Waals surface area contributed by atoms with E-state index in [1.807, 2.05) is 18.3 Å². The fourth-order valence-electron chi connectivity index (χ4n) is 2.28. The maximum atomic E-state index is 8.46. The summed E-state index contributed by atoms with van der Waals surface area (Å²) in [6, 6.07) is 8.26. The monoisotopic (exact) mass is 307 g/mol. The van der Waals surface area contributed by atoms with E-state index in [1.54, 1.807) is 0 Å². The summed E-state index contributed by atoms with van der Waals surface area (Å²) >= 11 is 0. The minimum atomic E-state index is 0. The van der Waals surface area contributed by atoms with Gasteiger partial charge in [0.1, 0.15) is 5.75 Å². The van der Waals surface area contributed by atoms with Gasteiger partial charge in [0.25, 0.3) is 0 Å². The normalized spacial score (nSPS) is 10.1. The number of aromatic amines is 1. The first-order valence-electron chi connectivity index (χ1n) is 7.15. The highest BCUT2D eigenvalue weighted by Crippen LogP contribution is 2.24. The zero-order chi connectivity index (χ0) is 14.2. The molecule has 0 aliphatic heterocycles. The van der Waals surface area contributed by atoms with Crippen molar-refractivity contribution in [3.63, 3.8) is 0 Å². The highest BCUT2D eigenvalue weighted by atomic mass is 35.5. The van der Waals surface area contributed by atoms with Gasteiger partial charge in [0.15, 0.2) is 0 Å². The molecule has 0 atom stereocenters. The number of unbranched alkanes of at least 4 members (excludes halogenated alkanes) is 3. The van der Waals surface area contributed by atoms with E-state index in [-0.39, 0.29) is 12.4 Å². The van der Waals surface area contributed by atoms with E-state index >= 15 is 0 Å². The Hall–Kier alpha value is -1.70. The first kappa shape index (κ1) is 17.4. The predicted molar refractivity (Wildman–Crippen MR) is 87.9 cm³/mol. The molecule has 0 fully saturated rings. The minimum absolute atomic E-state index is 0. The number of aromatic nitrogens is 1. The van der Waals surface area contributed by atoms with Crippen LogP contribution in [-0.4, -0.2) is 18.1 Å². The van der Waals surface area contributed by atoms with Crippen LogP contribution in [0.1, 0.15) is 31.2 Å². The lowest BCUT2D eigenvalue weighted by Crippen LogP contribution is -2.02. The number of fused-ring (bicyclic) bond motifs is 1. The fourth-order valence-corrected chi connectivity index (χ4v) is 2.28. The number of rotatable bonds is 8. The summed E-state index contributed by atoms with van der Waals surface area (Å²) in [5.74, 6) is 0.899. The molecule has 0 aliphatic carbocycles. The molecule has 2 aromatic rings. The van der Waals surface area contributed by atoms with Gasteiger partial charge in [-0.25, -0.2) is 0 Å². The van der Waals surface area contributed by atoms with Gasteiger partial charge in [-0.3, -0.25) is 0 Å². The van der Waals surface area contributed by atoms with Gasteiger partial charge in [-0.15, -0.1) is 12.4 Å². The average molecular weight is 308 g/mol. The Labute approximate surface area is 131 Å². The molecule has 0 bridgehead atoms. The van der Waals surface area contributed by atoms with Crippen molar-refractivity contribution >= 4 is 23.3 Å². The van der Waals surface area contributed by atoms with Crippen LogP contribution in [0.15, 0.2) is 24.4 Å². The van der Waals surface area contributed by atoms with Crippen molar-refractivity contribution in [2.45, 2.75) is 32.1 Å². The van der Waals surface area contributed by atoms with Crippen LogP contribution in [-0.2, 0) is 6.42 Å². The van der Waals surface area contributed by atoms with Crippen LogP contribution in [0.25, 0.3) is 10.9 Å². The summed E-state index contributed by atoms with van der Waals surface area (Å²) in [6.45, 7) is 1.35. The number of halogens is 1. The first-order chi connectivity index (χ1) is 9.85. The molecule has 2 rings (SSSR count). The van der Waals surface area contributed by atoms with E-state index < -0.39 is 0 Å². The number of nitrogens with two attached hydrogens (primary N) is 1. The Morgan fingerprint density at radius 2 is 2.10 bits per heavy atom. The molecule has 114 valence electrons. The highest BCUT2D eigenvalue weighted by Gasteiger charge is 2.04. The standard InChI is InChI=1S/C16H21N3O.ClH/c17-8-3-1-2-4-10-20-14-5-6-16-15(11-14)13(7-9-18)12-19-16;/h5-6,11-12,19H,1-4,7,9-10,18H2;1H. The van der Waals surface area contributed by atoms with E-state index in [1.165, 1.54) is 10.9 Å². The SMILES string of the molecule is Cl.N#CCCCCCOc1ccc2[nH]cc(CCN)c2c1. The summed E-state index contributed by atoms with van der Waals surface area (Å²) in [6.07, 6.45) is 6.51. The Balaban J connectivity index is 0.00000220. The third-order valence-corrected chi connectivity index (χ3v) is 3.35. The zero-order valence-electron chi connectivity index (χ0n) is 12.1. The molecular weight excluding hydrogens is 286 g/mol. The van der Waals surface area contributed by atoms with Gasteiger partial charge in [-0.2, -0.15) is 5.26 Å². The van der Waals surface area contributed by atoms with Crippen molar-refractivity contribution in [2.24, 2.45) is 5.73 Å². The molecule has 0 saturated heterocycles. The topological polar surface area (TPSA) is 74.8 Å². The number of ether oxygens (including phenoxy) is 1. The van der Waals surface area contributed by atoms with Crippen molar-refractivity contribution in [1.29, 1.82) is 5.26 Å². The summed E-state index contributed by atoms with van der Waals surface area (Å²) in [5, 5.41) is 9.65. The summed E-state index contributed by atoms with van der Waals surface area (Å²) in [5.41, 5.74) is 7.98. The van der Waals surface area contributed by atoms with E-state index in [2.05, 4.69) is 17.1 Å². The lowest BCUT2D eigenvalue weighted by Gasteiger charge is -2.06. The summed E-state index contributed by atoms with van der Waals surface area (Å²) in [7, 11) is 0. The van der Waals surface area contributed by atoms with Crippen molar-refractivity contribution in [3.8, 4) is 11.8 Å². The van der Waals surface area contributed by atoms with Crippen molar-refractivity contribution < 1.29 is 4.74 Å². The van der Waals surface area contributed by atoms with Crippen LogP contribution >= 0.6 is 12.4 Å². The third kappa shape index (κ3) is 4.96. The van der Waals surface area contributed by atoms with E-state index in [9.17, 15) is 0 Å². The fraction of sp³-hybridized carbons (Fsp3) is 0.438. The van der Waals surface area contributed by atoms with Gasteiger partial charge in [0, 0.05) is 23.5 Å². The number of hydrogen-bond donors (Lipinski definition) is 2. The second-order valence-electron chi connectivity index (χ2n) is 4.88. The van der Waals surface area contributed by atoms with Crippen LogP contribution in [0, 0.1) is 11.3 Å². The van der Waals surface area contributed by atoms with Gasteiger partial charge >= 0.3 is 0 Å². The third-order valence-electron chi connectivity index (χ3n) is 3.35. The number of nitrogens with one attached hydrogen (secondary N) is 1. The van der Waals surface area contributed by atoms with Gasteiger partial charge < -0.3 is 15.5 Å². The number of hydrogen-bond acceptors (Lipinski definition) is 3. The molecule has 0 radical (unpaired) electrons. The Morgan fingerprint density at radius 1 is 1.24 bits per heavy atom. The molecule has 1 aromatic carbocycles. The summed E-state index contributed by atoms with van der Waals surface area (Å²) < 4.78 is 5.77. The molecule has 0 amide bonds. The first-order valence-corrected chi connectivity index (χ1v) is 7.15. The van der Waals surface area contributed by atoms with Gasteiger partial charge in [0.2, 0.25) is 0 Å². The van der Waals surface area contributed by atoms with E-state index in [4.69, 9.17) is 15.7 Å². The van der Waals surface area contributed by atoms with Crippen LogP contribution in [0.5, 0.6) is 5.75 Å². The molecule has 0 saturated carbocycles. The van der Waals surface area contributed by atoms with E-state index in [0.717, 1.165) is 36.9 Å². The number of nitrogens with zero attached hydrogens (tertiary/aromatic N) is 1. The van der Waals surface area contributed by atoms with Gasteiger partial charge in [-0.1, -0.05) is 0 Å². The quantitative estimate of drug-likeness (QED) is 0.732. The molecule has 1 aromatic heterocycles. The number of H-pyrrole nitrogens is 1. The van der Waals surface area contributed by atoms with Crippen molar-refractivity contribution in [1.82, 2.24) is 4.98 Å². The highest BCUT2D eigenvalue weighted by molar-refractivity contribution is 5.85. The van der Waals surface area contributed by atoms with Crippen molar-refractivity contribution in [3.05, 3.63) is 30.0 Å². The van der Waals surface area contributed by atoms with Gasteiger partial charge in [-0.05, 0) is 56.0 Å². The Bertz CT molecular complexity index is 589. The maximum Gasteiger partial charge on any atom is 0.120 e. The van der Waals surface area contributed by atoms with Crippen molar-refractivity contribution in [2.75, 3.05) is 13.2 Å². The second kappa shape index (κ2) is 9.28. The molecule has 3 N–H and O–H groups in total. The molecule has 21 heavy (non-hydrogen) atoms. The van der Waals surface area contributed by atoms with Crippen LogP contribution in [0.3, 0.4) is 0 Å². The van der Waals surface area contributed by atoms with Crippen LogP contribution in [0.4, 0.5) is 0 Å². The molecular formula is C16H22ClN3O. The Kier molecular flexibility index (Phi) is 7.66. The zero-order valence-corrected chi connectivity index (χ0v) is 12.9. The van der Waals surface area contributed by atoms with Gasteiger partial charge in [0.05, 0.1) is 12.7 Å². The average Bonchev–Trinajstić information content (AvgIpc) is 2.86. The molecule has 5 heteroatoms. The predicted octanol–water partition coefficient (Wildman–Crippen LogP) is 3.55. The van der Waals surface area contributed by atoms with E-state index in [0.29, 0.717) is 19.6 Å². The number of nitriles is 1. The lowest BCUT2D eigenvalue weighted by molar-refractivity contribution is 0.306. The summed E-state index contributed by atoms with van der Waals surface area (Å²) in [4.78, 5) is 3.25. The molecule has 0 unspecified atom stereocenters. The molecule has 0 aliphatic rings.